The Morgan fingerprint density at radius 1 is 1.04 bits per heavy atom. The number of hydrogen-bond donors (Lipinski definition) is 0. The van der Waals surface area contributed by atoms with Crippen LogP contribution in [0, 0.1) is 29.3 Å². The molecule has 1 aromatic rings. The van der Waals surface area contributed by atoms with Crippen molar-refractivity contribution < 1.29 is 26.3 Å². The van der Waals surface area contributed by atoms with Gasteiger partial charge in [0.15, 0.2) is 17.5 Å². The van der Waals surface area contributed by atoms with E-state index in [0.717, 1.165) is 12.8 Å². The SMILES string of the molecule is CCCC1CCC2C(F)C(c3cc(F)c(F)c(F)c3)C(F)C2(F)CC1. The molecule has 2 aliphatic carbocycles. The Labute approximate surface area is 143 Å². The third-order valence-electron chi connectivity index (χ3n) is 6.03. The average Bonchev–Trinajstić information content (AvgIpc) is 2.67. The van der Waals surface area contributed by atoms with Gasteiger partial charge in [0.1, 0.15) is 18.0 Å². The van der Waals surface area contributed by atoms with Gasteiger partial charge in [-0.3, -0.25) is 0 Å². The molecule has 1 aromatic carbocycles. The van der Waals surface area contributed by atoms with Crippen LogP contribution >= 0.6 is 0 Å². The minimum absolute atomic E-state index is 0.0907. The normalized spacial score (nSPS) is 38.4. The first kappa shape index (κ1) is 18.6. The lowest BCUT2D eigenvalue weighted by atomic mass is 9.86. The lowest BCUT2D eigenvalue weighted by molar-refractivity contribution is 0.0197. The van der Waals surface area contributed by atoms with Gasteiger partial charge in [-0.1, -0.05) is 19.8 Å². The molecule has 0 amide bonds. The second-order valence-electron chi connectivity index (χ2n) is 7.47. The maximum Gasteiger partial charge on any atom is 0.194 e. The van der Waals surface area contributed by atoms with Gasteiger partial charge in [-0.2, -0.15) is 0 Å². The predicted octanol–water partition coefficient (Wildman–Crippen LogP) is 6.19. The highest BCUT2D eigenvalue weighted by Crippen LogP contribution is 2.56. The lowest BCUT2D eigenvalue weighted by Crippen LogP contribution is -2.37. The summed E-state index contributed by atoms with van der Waals surface area (Å²) in [6, 6.07) is 1.16. The fourth-order valence-electron chi connectivity index (χ4n) is 4.70. The summed E-state index contributed by atoms with van der Waals surface area (Å²) in [5, 5.41) is 0. The Morgan fingerprint density at radius 2 is 1.68 bits per heavy atom. The lowest BCUT2D eigenvalue weighted by Gasteiger charge is -2.27. The van der Waals surface area contributed by atoms with E-state index >= 15 is 4.39 Å². The zero-order chi connectivity index (χ0) is 18.4. The van der Waals surface area contributed by atoms with Crippen molar-refractivity contribution in [2.75, 3.05) is 0 Å². The van der Waals surface area contributed by atoms with Gasteiger partial charge < -0.3 is 0 Å². The summed E-state index contributed by atoms with van der Waals surface area (Å²) in [4.78, 5) is 0. The molecule has 3 rings (SSSR count). The van der Waals surface area contributed by atoms with Crippen LogP contribution in [-0.2, 0) is 0 Å². The summed E-state index contributed by atoms with van der Waals surface area (Å²) < 4.78 is 85.3. The van der Waals surface area contributed by atoms with E-state index in [2.05, 4.69) is 0 Å². The highest BCUT2D eigenvalue weighted by Gasteiger charge is 2.63. The maximum atomic E-state index is 15.4. The summed E-state index contributed by atoms with van der Waals surface area (Å²) >= 11 is 0. The quantitative estimate of drug-likeness (QED) is 0.443. The molecule has 140 valence electrons. The number of halogens is 6. The second kappa shape index (κ2) is 6.84. The molecule has 2 fully saturated rings. The summed E-state index contributed by atoms with van der Waals surface area (Å²) in [6.07, 6.45) is -1.03. The molecule has 0 bridgehead atoms. The van der Waals surface area contributed by atoms with Gasteiger partial charge in [-0.05, 0) is 49.3 Å². The van der Waals surface area contributed by atoms with Crippen LogP contribution in [0.1, 0.15) is 56.9 Å². The molecule has 0 aromatic heterocycles. The third-order valence-corrected chi connectivity index (χ3v) is 6.03. The van der Waals surface area contributed by atoms with Gasteiger partial charge in [0.05, 0.1) is 5.92 Å². The molecule has 0 aliphatic heterocycles. The van der Waals surface area contributed by atoms with Gasteiger partial charge in [0, 0.05) is 5.92 Å². The maximum absolute atomic E-state index is 15.4. The van der Waals surface area contributed by atoms with Crippen LogP contribution in [0.4, 0.5) is 26.3 Å². The molecule has 0 heterocycles. The zero-order valence-electron chi connectivity index (χ0n) is 14.1. The van der Waals surface area contributed by atoms with Crippen LogP contribution < -0.4 is 0 Å². The first-order valence-corrected chi connectivity index (χ1v) is 8.91. The fourth-order valence-corrected chi connectivity index (χ4v) is 4.70. The molecule has 2 aliphatic rings. The van der Waals surface area contributed by atoms with E-state index in [9.17, 15) is 22.0 Å². The molecule has 2 saturated carbocycles. The van der Waals surface area contributed by atoms with E-state index in [1.54, 1.807) is 0 Å². The number of benzene rings is 1. The fraction of sp³-hybridized carbons (Fsp3) is 0.684. The van der Waals surface area contributed by atoms with Crippen LogP contribution in [0.25, 0.3) is 0 Å². The van der Waals surface area contributed by atoms with Crippen molar-refractivity contribution in [2.24, 2.45) is 11.8 Å². The molecule has 6 heteroatoms. The molecule has 0 radical (unpaired) electrons. The number of alkyl halides is 3. The predicted molar refractivity (Wildman–Crippen MR) is 83.0 cm³/mol. The first-order valence-electron chi connectivity index (χ1n) is 8.91. The van der Waals surface area contributed by atoms with E-state index in [4.69, 9.17) is 0 Å². The topological polar surface area (TPSA) is 0 Å². The molecule has 0 N–H and O–H groups in total. The van der Waals surface area contributed by atoms with Crippen molar-refractivity contribution in [1.82, 2.24) is 0 Å². The van der Waals surface area contributed by atoms with E-state index in [1.807, 2.05) is 6.92 Å². The van der Waals surface area contributed by atoms with Crippen LogP contribution in [0.15, 0.2) is 12.1 Å². The Morgan fingerprint density at radius 3 is 2.28 bits per heavy atom. The summed E-state index contributed by atoms with van der Waals surface area (Å²) in [5.41, 5.74) is -2.69. The standard InChI is InChI=1S/C19H22F6/c1-2-3-10-4-5-12-16(22)15(18(24)19(12,25)7-6-10)11-8-13(20)17(23)14(21)9-11/h8-10,12,15-16,18H,2-7H2,1H3. The van der Waals surface area contributed by atoms with E-state index in [0.29, 0.717) is 25.0 Å². The highest BCUT2D eigenvalue weighted by molar-refractivity contribution is 5.30. The molecule has 0 nitrogen and oxygen atoms in total. The average molecular weight is 364 g/mol. The van der Waals surface area contributed by atoms with Gasteiger partial charge in [-0.15, -0.1) is 0 Å². The number of hydrogen-bond acceptors (Lipinski definition) is 0. The van der Waals surface area contributed by atoms with Crippen LogP contribution in [-0.4, -0.2) is 18.0 Å². The summed E-state index contributed by atoms with van der Waals surface area (Å²) in [6.45, 7) is 2.01. The Hall–Kier alpha value is -1.20. The number of fused-ring (bicyclic) bond motifs is 1. The van der Waals surface area contributed by atoms with E-state index in [-0.39, 0.29) is 24.3 Å². The molecule has 0 spiro atoms. The van der Waals surface area contributed by atoms with E-state index < -0.39 is 47.3 Å². The van der Waals surface area contributed by atoms with Crippen LogP contribution in [0.3, 0.4) is 0 Å². The van der Waals surface area contributed by atoms with Crippen molar-refractivity contribution in [1.29, 1.82) is 0 Å². The monoisotopic (exact) mass is 364 g/mol. The largest absolute Gasteiger partial charge is 0.246 e. The zero-order valence-corrected chi connectivity index (χ0v) is 14.1. The minimum atomic E-state index is -2.34. The van der Waals surface area contributed by atoms with Crippen LogP contribution in [0.2, 0.25) is 0 Å². The van der Waals surface area contributed by atoms with Gasteiger partial charge >= 0.3 is 0 Å². The van der Waals surface area contributed by atoms with Crippen molar-refractivity contribution in [2.45, 2.75) is 69.4 Å². The van der Waals surface area contributed by atoms with Gasteiger partial charge in [-0.25, -0.2) is 26.3 Å². The highest BCUT2D eigenvalue weighted by atomic mass is 19.2. The van der Waals surface area contributed by atoms with Gasteiger partial charge in [0.25, 0.3) is 0 Å². The van der Waals surface area contributed by atoms with Crippen molar-refractivity contribution in [3.05, 3.63) is 35.1 Å². The molecule has 6 atom stereocenters. The Kier molecular flexibility index (Phi) is 5.09. The van der Waals surface area contributed by atoms with Crippen LogP contribution in [0.5, 0.6) is 0 Å². The van der Waals surface area contributed by atoms with Gasteiger partial charge in [0.2, 0.25) is 0 Å². The molecule has 25 heavy (non-hydrogen) atoms. The molecular weight excluding hydrogens is 342 g/mol. The smallest absolute Gasteiger partial charge is 0.194 e. The first-order chi connectivity index (χ1) is 11.8. The molecular formula is C19H22F6. The second-order valence-corrected chi connectivity index (χ2v) is 7.47. The third kappa shape index (κ3) is 3.06. The van der Waals surface area contributed by atoms with Crippen molar-refractivity contribution >= 4 is 0 Å². The van der Waals surface area contributed by atoms with E-state index in [1.165, 1.54) is 0 Å². The van der Waals surface area contributed by atoms with Crippen molar-refractivity contribution in [3.8, 4) is 0 Å². The van der Waals surface area contributed by atoms with Crippen molar-refractivity contribution in [3.63, 3.8) is 0 Å². The summed E-state index contributed by atoms with van der Waals surface area (Å²) in [7, 11) is 0. The Balaban J connectivity index is 1.91. The molecule has 0 saturated heterocycles. The Bertz CT molecular complexity index is 609. The minimum Gasteiger partial charge on any atom is -0.246 e. The number of rotatable bonds is 3. The molecule has 6 unspecified atom stereocenters. The summed E-state index contributed by atoms with van der Waals surface area (Å²) in [5.74, 6) is -7.22.